The molecular formula is C13H22N6O2S. The molecule has 2 heterocycles. The van der Waals surface area contributed by atoms with Crippen LogP contribution in [0.4, 0.5) is 4.79 Å². The van der Waals surface area contributed by atoms with E-state index in [1.54, 1.807) is 0 Å². The van der Waals surface area contributed by atoms with Gasteiger partial charge in [0.15, 0.2) is 0 Å². The minimum atomic E-state index is -0.0552. The lowest BCUT2D eigenvalue weighted by Gasteiger charge is -2.16. The maximum atomic E-state index is 11.6. The lowest BCUT2D eigenvalue weighted by molar-refractivity contribution is -0.121. The standard InChI is InChI=1S/C13H22N6O2S/c14-19-16-7-3-6-15-11(20)5-2-1-4-10-12-9(8-22-10)17-13(21)18-12/h9-10,12H,1-8H2,(H,15,20)(H2,17,18,21)/t9-,10-,12?/m0/s1. The monoisotopic (exact) mass is 326 g/mol. The van der Waals surface area contributed by atoms with Gasteiger partial charge in [0, 0.05) is 35.4 Å². The van der Waals surface area contributed by atoms with Crippen LogP contribution in [0.1, 0.15) is 32.1 Å². The van der Waals surface area contributed by atoms with Crippen molar-refractivity contribution in [1.29, 1.82) is 0 Å². The number of azide groups is 1. The molecule has 0 spiro atoms. The molecule has 2 saturated heterocycles. The number of amides is 3. The Balaban J connectivity index is 1.51. The van der Waals surface area contributed by atoms with Crippen LogP contribution in [0.3, 0.4) is 0 Å². The first kappa shape index (κ1) is 16.8. The van der Waals surface area contributed by atoms with E-state index in [1.165, 1.54) is 0 Å². The van der Waals surface area contributed by atoms with E-state index in [4.69, 9.17) is 5.53 Å². The molecule has 3 atom stereocenters. The van der Waals surface area contributed by atoms with Crippen LogP contribution in [0.15, 0.2) is 5.11 Å². The van der Waals surface area contributed by atoms with Crippen molar-refractivity contribution in [3.8, 4) is 0 Å². The number of thioether (sulfide) groups is 1. The summed E-state index contributed by atoms with van der Waals surface area (Å²) < 4.78 is 0. The van der Waals surface area contributed by atoms with Crippen LogP contribution in [0.2, 0.25) is 0 Å². The second-order valence-electron chi connectivity index (χ2n) is 5.53. The molecule has 3 N–H and O–H groups in total. The first-order valence-electron chi connectivity index (χ1n) is 7.67. The Bertz CT molecular complexity index is 454. The highest BCUT2D eigenvalue weighted by Gasteiger charge is 2.42. The molecule has 2 rings (SSSR count). The highest BCUT2D eigenvalue weighted by Crippen LogP contribution is 2.33. The van der Waals surface area contributed by atoms with E-state index >= 15 is 0 Å². The second kappa shape index (κ2) is 8.75. The van der Waals surface area contributed by atoms with E-state index in [9.17, 15) is 9.59 Å². The number of rotatable bonds is 9. The molecular weight excluding hydrogens is 304 g/mol. The Kier molecular flexibility index (Phi) is 6.67. The van der Waals surface area contributed by atoms with Crippen LogP contribution in [-0.2, 0) is 4.79 Å². The molecule has 2 aliphatic heterocycles. The van der Waals surface area contributed by atoms with Gasteiger partial charge in [0.05, 0.1) is 12.1 Å². The van der Waals surface area contributed by atoms with Crippen LogP contribution in [-0.4, -0.2) is 48.1 Å². The van der Waals surface area contributed by atoms with Gasteiger partial charge in [-0.25, -0.2) is 4.79 Å². The molecule has 0 radical (unpaired) electrons. The van der Waals surface area contributed by atoms with Crippen molar-refractivity contribution in [2.24, 2.45) is 5.11 Å². The van der Waals surface area contributed by atoms with Crippen LogP contribution in [0.25, 0.3) is 10.4 Å². The van der Waals surface area contributed by atoms with Crippen molar-refractivity contribution in [2.75, 3.05) is 18.8 Å². The SMILES string of the molecule is [N-]=[N+]=NCCCNC(=O)CCCC[C@@H]1SC[C@@H]2NC(=O)NC21. The van der Waals surface area contributed by atoms with E-state index in [0.29, 0.717) is 31.2 Å². The van der Waals surface area contributed by atoms with Crippen molar-refractivity contribution in [1.82, 2.24) is 16.0 Å². The molecule has 1 unspecified atom stereocenters. The quantitative estimate of drug-likeness (QED) is 0.196. The molecule has 3 amide bonds. The highest BCUT2D eigenvalue weighted by atomic mass is 32.2. The van der Waals surface area contributed by atoms with Crippen LogP contribution < -0.4 is 16.0 Å². The van der Waals surface area contributed by atoms with E-state index in [2.05, 4.69) is 26.0 Å². The molecule has 22 heavy (non-hydrogen) atoms. The summed E-state index contributed by atoms with van der Waals surface area (Å²) in [5.41, 5.74) is 8.12. The van der Waals surface area contributed by atoms with Gasteiger partial charge < -0.3 is 16.0 Å². The third-order valence-corrected chi connectivity index (χ3v) is 5.41. The smallest absolute Gasteiger partial charge is 0.315 e. The molecule has 0 saturated carbocycles. The third-order valence-electron chi connectivity index (χ3n) is 3.90. The fourth-order valence-electron chi connectivity index (χ4n) is 2.78. The van der Waals surface area contributed by atoms with Crippen molar-refractivity contribution in [2.45, 2.75) is 49.4 Å². The van der Waals surface area contributed by atoms with Gasteiger partial charge in [-0.15, -0.1) is 0 Å². The third kappa shape index (κ3) is 4.99. The topological polar surface area (TPSA) is 119 Å². The predicted molar refractivity (Wildman–Crippen MR) is 85.6 cm³/mol. The Labute approximate surface area is 133 Å². The summed E-state index contributed by atoms with van der Waals surface area (Å²) in [5.74, 6) is 1.02. The molecule has 2 fully saturated rings. The molecule has 8 nitrogen and oxygen atoms in total. The van der Waals surface area contributed by atoms with Gasteiger partial charge in [-0.3, -0.25) is 4.79 Å². The Morgan fingerprint density at radius 1 is 1.41 bits per heavy atom. The first-order chi connectivity index (χ1) is 10.7. The van der Waals surface area contributed by atoms with Gasteiger partial charge in [-0.05, 0) is 24.8 Å². The zero-order chi connectivity index (χ0) is 15.8. The molecule has 0 aromatic rings. The van der Waals surface area contributed by atoms with Gasteiger partial charge in [-0.1, -0.05) is 11.5 Å². The lowest BCUT2D eigenvalue weighted by atomic mass is 10.0. The number of nitrogens with one attached hydrogen (secondary N) is 3. The molecule has 9 heteroatoms. The average molecular weight is 326 g/mol. The number of carbonyl (C=O) groups is 2. The zero-order valence-corrected chi connectivity index (χ0v) is 13.3. The largest absolute Gasteiger partial charge is 0.356 e. The van der Waals surface area contributed by atoms with Crippen LogP contribution >= 0.6 is 11.8 Å². The number of carbonyl (C=O) groups excluding carboxylic acids is 2. The van der Waals surface area contributed by atoms with Gasteiger partial charge in [0.1, 0.15) is 0 Å². The molecule has 122 valence electrons. The van der Waals surface area contributed by atoms with Crippen molar-refractivity contribution >= 4 is 23.7 Å². The number of hydrogen-bond donors (Lipinski definition) is 3. The molecule has 0 aliphatic carbocycles. The molecule has 0 aromatic carbocycles. The normalized spacial score (nSPS) is 25.8. The predicted octanol–water partition coefficient (Wildman–Crippen LogP) is 1.53. The Morgan fingerprint density at radius 3 is 3.09 bits per heavy atom. The lowest BCUT2D eigenvalue weighted by Crippen LogP contribution is -2.36. The Hall–Kier alpha value is -1.60. The van der Waals surface area contributed by atoms with E-state index in [-0.39, 0.29) is 24.0 Å². The first-order valence-corrected chi connectivity index (χ1v) is 8.72. The summed E-state index contributed by atoms with van der Waals surface area (Å²) in [6.45, 7) is 0.968. The maximum absolute atomic E-state index is 11.6. The zero-order valence-electron chi connectivity index (χ0n) is 12.5. The van der Waals surface area contributed by atoms with Crippen molar-refractivity contribution in [3.05, 3.63) is 10.4 Å². The van der Waals surface area contributed by atoms with Crippen LogP contribution in [0.5, 0.6) is 0 Å². The summed E-state index contributed by atoms with van der Waals surface area (Å²) in [5, 5.41) is 12.6. The fourth-order valence-corrected chi connectivity index (χ4v) is 4.33. The minimum Gasteiger partial charge on any atom is -0.356 e. The van der Waals surface area contributed by atoms with Crippen molar-refractivity contribution < 1.29 is 9.59 Å². The number of nitrogens with zero attached hydrogens (tertiary/aromatic N) is 3. The summed E-state index contributed by atoms with van der Waals surface area (Å²) in [6.07, 6.45) is 4.07. The number of urea groups is 1. The average Bonchev–Trinajstić information content (AvgIpc) is 3.03. The highest BCUT2D eigenvalue weighted by molar-refractivity contribution is 8.00. The van der Waals surface area contributed by atoms with Gasteiger partial charge >= 0.3 is 6.03 Å². The van der Waals surface area contributed by atoms with Gasteiger partial charge in [-0.2, -0.15) is 11.8 Å². The van der Waals surface area contributed by atoms with Crippen molar-refractivity contribution in [3.63, 3.8) is 0 Å². The summed E-state index contributed by atoms with van der Waals surface area (Å²) in [6, 6.07) is 0.453. The van der Waals surface area contributed by atoms with E-state index < -0.39 is 0 Å². The number of hydrogen-bond acceptors (Lipinski definition) is 4. The maximum Gasteiger partial charge on any atom is 0.315 e. The minimum absolute atomic E-state index is 0.0497. The number of fused-ring (bicyclic) bond motifs is 1. The molecule has 2 aliphatic rings. The summed E-state index contributed by atoms with van der Waals surface area (Å²) >= 11 is 1.90. The van der Waals surface area contributed by atoms with Crippen LogP contribution in [0, 0.1) is 0 Å². The van der Waals surface area contributed by atoms with E-state index in [0.717, 1.165) is 25.0 Å². The molecule has 0 aromatic heterocycles. The summed E-state index contributed by atoms with van der Waals surface area (Å²) in [7, 11) is 0. The summed E-state index contributed by atoms with van der Waals surface area (Å²) in [4.78, 5) is 25.5. The molecule has 0 bridgehead atoms. The van der Waals surface area contributed by atoms with E-state index in [1.807, 2.05) is 11.8 Å². The second-order valence-corrected chi connectivity index (χ2v) is 6.80. The van der Waals surface area contributed by atoms with Gasteiger partial charge in [0.25, 0.3) is 0 Å². The fraction of sp³-hybridized carbons (Fsp3) is 0.846. The van der Waals surface area contributed by atoms with Gasteiger partial charge in [0.2, 0.25) is 5.91 Å². The number of unbranched alkanes of at least 4 members (excludes halogenated alkanes) is 1. The Morgan fingerprint density at radius 2 is 2.27 bits per heavy atom.